The fourth-order valence-corrected chi connectivity index (χ4v) is 7.31. The number of hydrogen-bond donors (Lipinski definition) is 3. The minimum Gasteiger partial charge on any atom is -0.486 e. The summed E-state index contributed by atoms with van der Waals surface area (Å²) in [6.45, 7) is 10.8. The van der Waals surface area contributed by atoms with Crippen molar-refractivity contribution in [1.29, 1.82) is 0 Å². The maximum atomic E-state index is 12.8. The van der Waals surface area contributed by atoms with E-state index in [4.69, 9.17) is 23.7 Å². The second kappa shape index (κ2) is 16.9. The normalized spacial score (nSPS) is 18.7. The van der Waals surface area contributed by atoms with Crippen molar-refractivity contribution in [2.24, 2.45) is 10.8 Å². The first-order valence-corrected chi connectivity index (χ1v) is 18.4. The average molecular weight is 709 g/mol. The number of hydrogen-bond acceptors (Lipinski definition) is 9. The Kier molecular flexibility index (Phi) is 12.6. The van der Waals surface area contributed by atoms with E-state index in [0.717, 1.165) is 73.8 Å². The van der Waals surface area contributed by atoms with Gasteiger partial charge in [0, 0.05) is 27.2 Å². The van der Waals surface area contributed by atoms with Gasteiger partial charge in [-0.15, -0.1) is 0 Å². The lowest BCUT2D eigenvalue weighted by Crippen LogP contribution is -2.50. The van der Waals surface area contributed by atoms with Gasteiger partial charge in [-0.05, 0) is 121 Å². The van der Waals surface area contributed by atoms with Gasteiger partial charge in [0.1, 0.15) is 32.0 Å². The van der Waals surface area contributed by atoms with Crippen LogP contribution in [-0.2, 0) is 27.2 Å². The number of rotatable bonds is 8. The molecule has 2 saturated heterocycles. The first-order valence-electron chi connectivity index (χ1n) is 18.4. The number of aryl methyl sites for hydroxylation is 2. The highest BCUT2D eigenvalue weighted by molar-refractivity contribution is 5.83. The van der Waals surface area contributed by atoms with Crippen LogP contribution in [0.4, 0.5) is 4.79 Å². The lowest BCUT2D eigenvalue weighted by atomic mass is 9.73. The monoisotopic (exact) mass is 708 g/mol. The molecule has 2 aromatic carbocycles. The number of ether oxygens (including phenoxy) is 5. The molecule has 0 spiro atoms. The molecular weight excluding hydrogens is 652 g/mol. The first-order chi connectivity index (χ1) is 24.5. The maximum Gasteiger partial charge on any atom is 0.410 e. The number of nitrogens with zero attached hydrogens (tertiary/aromatic N) is 1. The van der Waals surface area contributed by atoms with Crippen molar-refractivity contribution in [3.8, 4) is 23.0 Å². The first kappa shape index (κ1) is 38.1. The summed E-state index contributed by atoms with van der Waals surface area (Å²) in [5.41, 5.74) is 1.07. The molecule has 4 heterocycles. The van der Waals surface area contributed by atoms with Gasteiger partial charge in [0.15, 0.2) is 23.0 Å². The van der Waals surface area contributed by atoms with E-state index in [1.54, 1.807) is 19.0 Å². The van der Waals surface area contributed by atoms with Crippen LogP contribution in [-0.4, -0.2) is 95.1 Å². The van der Waals surface area contributed by atoms with E-state index in [1.165, 1.54) is 5.56 Å². The fraction of sp³-hybridized carbons (Fsp3) is 0.615. The van der Waals surface area contributed by atoms with Gasteiger partial charge >= 0.3 is 6.09 Å². The molecule has 4 aliphatic heterocycles. The van der Waals surface area contributed by atoms with E-state index in [0.29, 0.717) is 58.8 Å². The molecule has 0 unspecified atom stereocenters. The molecule has 2 fully saturated rings. The van der Waals surface area contributed by atoms with Gasteiger partial charge in [-0.1, -0.05) is 12.1 Å². The van der Waals surface area contributed by atoms with Crippen LogP contribution < -0.4 is 34.9 Å². The number of carbonyl (C=O) groups is 3. The van der Waals surface area contributed by atoms with E-state index in [-0.39, 0.29) is 23.3 Å². The number of carbonyl (C=O) groups excluding carboxylic acids is 3. The Balaban J connectivity index is 0.000000205. The smallest absolute Gasteiger partial charge is 0.410 e. The van der Waals surface area contributed by atoms with Crippen molar-refractivity contribution in [2.75, 3.05) is 66.7 Å². The predicted molar refractivity (Wildman–Crippen MR) is 194 cm³/mol. The molecule has 0 saturated carbocycles. The highest BCUT2D eigenvalue weighted by atomic mass is 16.6. The van der Waals surface area contributed by atoms with E-state index in [1.807, 2.05) is 51.1 Å². The van der Waals surface area contributed by atoms with E-state index < -0.39 is 11.0 Å². The van der Waals surface area contributed by atoms with E-state index in [2.05, 4.69) is 22.0 Å². The Morgan fingerprint density at radius 3 is 1.57 bits per heavy atom. The highest BCUT2D eigenvalue weighted by Crippen LogP contribution is 2.39. The van der Waals surface area contributed by atoms with Crippen molar-refractivity contribution in [3.63, 3.8) is 0 Å². The molecule has 4 aliphatic rings. The molecule has 3 amide bonds. The summed E-state index contributed by atoms with van der Waals surface area (Å²) in [4.78, 5) is 39.2. The molecular formula is C39H56N4O8. The molecule has 6 rings (SSSR count). The second-order valence-electron chi connectivity index (χ2n) is 14.9. The topological polar surface area (TPSA) is 137 Å². The summed E-state index contributed by atoms with van der Waals surface area (Å²) in [6, 6.07) is 12.1. The second-order valence-corrected chi connectivity index (χ2v) is 14.9. The van der Waals surface area contributed by atoms with Gasteiger partial charge in [-0.25, -0.2) is 4.79 Å². The number of benzene rings is 2. The molecule has 51 heavy (non-hydrogen) atoms. The number of amides is 3. The lowest BCUT2D eigenvalue weighted by molar-refractivity contribution is -0.134. The number of nitrogens with one attached hydrogen (secondary N) is 3. The Morgan fingerprint density at radius 2 is 1.14 bits per heavy atom. The summed E-state index contributed by atoms with van der Waals surface area (Å²) < 4.78 is 27.9. The molecule has 12 nitrogen and oxygen atoms in total. The summed E-state index contributed by atoms with van der Waals surface area (Å²) in [5.74, 6) is 3.39. The SMILES string of the molecule is CNC(=O)C1(CCc2ccc3c(c2)OCCO3)CCN(C(=O)OC(C)(C)C)CC1.CNC(=O)C1(CCc2ccc3c(c2)OCCO3)CCNCC1. The molecule has 0 radical (unpaired) electrons. The quantitative estimate of drug-likeness (QED) is 0.358. The zero-order valence-electron chi connectivity index (χ0n) is 31.0. The standard InChI is InChI=1S/C22H32N2O5.C17H24N2O3/c1-21(2,3)29-20(26)24-11-9-22(10-12-24,19(25)23-4)8-7-16-5-6-17-18(15-16)28-14-13-27-17;1-18-16(20)17(6-8-19-9-7-17)5-4-13-2-3-14-15(12-13)22-11-10-21-14/h5-6,15H,7-14H2,1-4H3,(H,23,25);2-3,12,19H,4-11H2,1H3,(H,18,20). The summed E-state index contributed by atoms with van der Waals surface area (Å²) >= 11 is 0. The lowest BCUT2D eigenvalue weighted by Gasteiger charge is -2.40. The van der Waals surface area contributed by atoms with E-state index in [9.17, 15) is 14.4 Å². The zero-order valence-corrected chi connectivity index (χ0v) is 31.0. The van der Waals surface area contributed by atoms with E-state index >= 15 is 0 Å². The van der Waals surface area contributed by atoms with Gasteiger partial charge in [-0.3, -0.25) is 9.59 Å². The van der Waals surface area contributed by atoms with Crippen LogP contribution in [0, 0.1) is 10.8 Å². The van der Waals surface area contributed by atoms with Crippen molar-refractivity contribution in [2.45, 2.75) is 77.7 Å². The third-order valence-electron chi connectivity index (χ3n) is 10.3. The molecule has 3 N–H and O–H groups in total. The van der Waals surface area contributed by atoms with Crippen molar-refractivity contribution >= 4 is 17.9 Å². The summed E-state index contributed by atoms with van der Waals surface area (Å²) in [7, 11) is 3.41. The van der Waals surface area contributed by atoms with Crippen LogP contribution in [0.1, 0.15) is 70.4 Å². The van der Waals surface area contributed by atoms with Crippen molar-refractivity contribution in [1.82, 2.24) is 20.9 Å². The molecule has 12 heteroatoms. The van der Waals surface area contributed by atoms with Crippen LogP contribution in [0.5, 0.6) is 23.0 Å². The van der Waals surface area contributed by atoms with Crippen molar-refractivity contribution < 1.29 is 38.1 Å². The molecule has 0 atom stereocenters. The predicted octanol–water partition coefficient (Wildman–Crippen LogP) is 4.66. The Bertz CT molecular complexity index is 1510. The Labute approximate surface area is 302 Å². The van der Waals surface area contributed by atoms with Gasteiger partial charge in [0.25, 0.3) is 0 Å². The third-order valence-corrected chi connectivity index (χ3v) is 10.3. The molecule has 280 valence electrons. The van der Waals surface area contributed by atoms with Crippen LogP contribution in [0.15, 0.2) is 36.4 Å². The molecule has 0 aromatic heterocycles. The van der Waals surface area contributed by atoms with Crippen LogP contribution in [0.2, 0.25) is 0 Å². The third kappa shape index (κ3) is 9.78. The Morgan fingerprint density at radius 1 is 0.706 bits per heavy atom. The van der Waals surface area contributed by atoms with Crippen LogP contribution >= 0.6 is 0 Å². The summed E-state index contributed by atoms with van der Waals surface area (Å²) in [6.07, 6.45) is 5.96. The fourth-order valence-electron chi connectivity index (χ4n) is 7.31. The Hall–Kier alpha value is -4.19. The minimum atomic E-state index is -0.523. The molecule has 2 aromatic rings. The largest absolute Gasteiger partial charge is 0.486 e. The van der Waals surface area contributed by atoms with Gasteiger partial charge in [0.05, 0.1) is 10.8 Å². The molecule has 0 bridgehead atoms. The summed E-state index contributed by atoms with van der Waals surface area (Å²) in [5, 5.41) is 9.02. The number of likely N-dealkylation sites (tertiary alicyclic amines) is 1. The van der Waals surface area contributed by atoms with Gasteiger partial charge < -0.3 is 44.5 Å². The highest BCUT2D eigenvalue weighted by Gasteiger charge is 2.42. The zero-order chi connectivity index (χ0) is 36.5. The number of piperidine rings is 2. The number of fused-ring (bicyclic) bond motifs is 2. The minimum absolute atomic E-state index is 0.0406. The average Bonchev–Trinajstić information content (AvgIpc) is 3.15. The van der Waals surface area contributed by atoms with Gasteiger partial charge in [-0.2, -0.15) is 0 Å². The van der Waals surface area contributed by atoms with Crippen molar-refractivity contribution in [3.05, 3.63) is 47.5 Å². The maximum absolute atomic E-state index is 12.8. The van der Waals surface area contributed by atoms with Crippen LogP contribution in [0.3, 0.4) is 0 Å². The van der Waals surface area contributed by atoms with Crippen LogP contribution in [0.25, 0.3) is 0 Å². The van der Waals surface area contributed by atoms with Gasteiger partial charge in [0.2, 0.25) is 11.8 Å². The molecule has 0 aliphatic carbocycles.